The summed E-state index contributed by atoms with van der Waals surface area (Å²) in [7, 11) is -3.28. The van der Waals surface area contributed by atoms with Gasteiger partial charge in [-0.1, -0.05) is 25.1 Å². The van der Waals surface area contributed by atoms with Gasteiger partial charge in [-0.2, -0.15) is 4.31 Å². The van der Waals surface area contributed by atoms with E-state index in [9.17, 15) is 22.0 Å². The van der Waals surface area contributed by atoms with Gasteiger partial charge in [0.15, 0.2) is 0 Å². The normalized spacial score (nSPS) is 21.5. The van der Waals surface area contributed by atoms with Gasteiger partial charge in [0.05, 0.1) is 5.75 Å². The minimum absolute atomic E-state index is 0. The van der Waals surface area contributed by atoms with Crippen LogP contribution in [0.4, 0.5) is 8.78 Å². The second-order valence-corrected chi connectivity index (χ2v) is 10.9. The fraction of sp³-hybridized carbons (Fsp3) is 0.682. The van der Waals surface area contributed by atoms with E-state index in [0.29, 0.717) is 38.2 Å². The van der Waals surface area contributed by atoms with Crippen molar-refractivity contribution in [3.8, 4) is 0 Å². The van der Waals surface area contributed by atoms with Crippen LogP contribution in [0, 0.1) is 6.92 Å². The van der Waals surface area contributed by atoms with Crippen LogP contribution in [-0.2, 0) is 10.0 Å². The largest absolute Gasteiger partial charge is 0.350 e. The van der Waals surface area contributed by atoms with Crippen molar-refractivity contribution in [2.45, 2.75) is 57.4 Å². The van der Waals surface area contributed by atoms with Gasteiger partial charge in [-0.15, -0.1) is 12.4 Å². The van der Waals surface area contributed by atoms with E-state index in [-0.39, 0.29) is 56.3 Å². The third-order valence-electron chi connectivity index (χ3n) is 6.64. The highest BCUT2D eigenvalue weighted by atomic mass is 35.5. The molecule has 2 fully saturated rings. The van der Waals surface area contributed by atoms with E-state index in [1.165, 1.54) is 4.31 Å². The molecule has 0 spiro atoms. The number of carbonyl (C=O) groups is 1. The van der Waals surface area contributed by atoms with E-state index >= 15 is 0 Å². The summed E-state index contributed by atoms with van der Waals surface area (Å²) in [6.07, 6.45) is 0.668. The number of piperazine rings is 1. The van der Waals surface area contributed by atoms with Crippen molar-refractivity contribution in [1.29, 1.82) is 0 Å². The van der Waals surface area contributed by atoms with Crippen molar-refractivity contribution in [2.75, 3.05) is 38.5 Å². The molecule has 182 valence electrons. The Hall–Kier alpha value is -1.29. The van der Waals surface area contributed by atoms with Crippen molar-refractivity contribution >= 4 is 28.3 Å². The SMILES string of the molecule is CCCS(=O)(=O)N1CCN(C2(CNC(=O)c3ccccc3C)CCC(F)(F)CC2)CC1.Cl. The zero-order chi connectivity index (χ0) is 22.7. The molecule has 0 unspecified atom stereocenters. The van der Waals surface area contributed by atoms with Gasteiger partial charge in [0.2, 0.25) is 15.9 Å². The summed E-state index contributed by atoms with van der Waals surface area (Å²) in [5.41, 5.74) is 0.855. The minimum Gasteiger partial charge on any atom is -0.350 e. The second-order valence-electron chi connectivity index (χ2n) is 8.78. The summed E-state index contributed by atoms with van der Waals surface area (Å²) < 4.78 is 54.2. The first-order valence-electron chi connectivity index (χ1n) is 11.0. The lowest BCUT2D eigenvalue weighted by molar-refractivity contribution is -0.0856. The Kier molecular flexibility index (Phi) is 9.06. The average molecular weight is 494 g/mol. The van der Waals surface area contributed by atoms with Crippen molar-refractivity contribution in [2.24, 2.45) is 0 Å². The Morgan fingerprint density at radius 1 is 1.06 bits per heavy atom. The molecule has 2 aliphatic rings. The van der Waals surface area contributed by atoms with Gasteiger partial charge in [-0.05, 0) is 37.8 Å². The highest BCUT2D eigenvalue weighted by Crippen LogP contribution is 2.41. The summed E-state index contributed by atoms with van der Waals surface area (Å²) in [4.78, 5) is 14.9. The van der Waals surface area contributed by atoms with Crippen LogP contribution in [0.2, 0.25) is 0 Å². The third kappa shape index (κ3) is 6.18. The van der Waals surface area contributed by atoms with Gasteiger partial charge in [-0.25, -0.2) is 17.2 Å². The lowest BCUT2D eigenvalue weighted by atomic mass is 9.78. The van der Waals surface area contributed by atoms with E-state index in [0.717, 1.165) is 5.56 Å². The Morgan fingerprint density at radius 2 is 1.66 bits per heavy atom. The Bertz CT molecular complexity index is 880. The van der Waals surface area contributed by atoms with Crippen LogP contribution in [-0.4, -0.2) is 73.5 Å². The van der Waals surface area contributed by atoms with E-state index in [2.05, 4.69) is 10.2 Å². The first-order valence-corrected chi connectivity index (χ1v) is 12.6. The van der Waals surface area contributed by atoms with Crippen LogP contribution in [0.5, 0.6) is 0 Å². The van der Waals surface area contributed by atoms with Gasteiger partial charge in [0.1, 0.15) is 0 Å². The molecule has 1 aliphatic heterocycles. The summed E-state index contributed by atoms with van der Waals surface area (Å²) in [6, 6.07) is 7.28. The van der Waals surface area contributed by atoms with Crippen LogP contribution in [0.25, 0.3) is 0 Å². The maximum Gasteiger partial charge on any atom is 0.251 e. The molecule has 0 aromatic heterocycles. The molecule has 1 aliphatic carbocycles. The number of nitrogens with zero attached hydrogens (tertiary/aromatic N) is 2. The monoisotopic (exact) mass is 493 g/mol. The maximum absolute atomic E-state index is 13.9. The van der Waals surface area contributed by atoms with Crippen molar-refractivity contribution in [1.82, 2.24) is 14.5 Å². The lowest BCUT2D eigenvalue weighted by Gasteiger charge is -2.50. The standard InChI is InChI=1S/C22H33F2N3O3S.ClH/c1-3-16-31(29,30)27-14-12-26(13-15-27)21(8-10-22(23,24)11-9-21)17-25-20(28)19-7-5-4-6-18(19)2;/h4-7H,3,8-17H2,1-2H3,(H,25,28);1H. The van der Waals surface area contributed by atoms with E-state index in [1.54, 1.807) is 12.1 Å². The number of sulfonamides is 1. The van der Waals surface area contributed by atoms with Gasteiger partial charge < -0.3 is 5.32 Å². The number of nitrogens with one attached hydrogen (secondary N) is 1. The predicted molar refractivity (Wildman–Crippen MR) is 124 cm³/mol. The van der Waals surface area contributed by atoms with Crippen LogP contribution in [0.15, 0.2) is 24.3 Å². The summed E-state index contributed by atoms with van der Waals surface area (Å²) in [6.45, 7) is 5.64. The zero-order valence-corrected chi connectivity index (χ0v) is 20.4. The summed E-state index contributed by atoms with van der Waals surface area (Å²) >= 11 is 0. The predicted octanol–water partition coefficient (Wildman–Crippen LogP) is 3.45. The van der Waals surface area contributed by atoms with E-state index < -0.39 is 21.5 Å². The molecule has 0 atom stereocenters. The number of aryl methyl sites for hydroxylation is 1. The van der Waals surface area contributed by atoms with Gasteiger partial charge >= 0.3 is 0 Å². The van der Waals surface area contributed by atoms with Gasteiger partial charge in [0.25, 0.3) is 5.91 Å². The first-order chi connectivity index (χ1) is 14.6. The Labute approximate surface area is 196 Å². The minimum atomic E-state index is -3.28. The Balaban J connectivity index is 0.00000363. The molecule has 1 aromatic rings. The van der Waals surface area contributed by atoms with Crippen molar-refractivity contribution in [3.05, 3.63) is 35.4 Å². The highest BCUT2D eigenvalue weighted by Gasteiger charge is 2.47. The molecule has 6 nitrogen and oxygen atoms in total. The van der Waals surface area contributed by atoms with Crippen molar-refractivity contribution in [3.63, 3.8) is 0 Å². The lowest BCUT2D eigenvalue weighted by Crippen LogP contribution is -2.63. The number of carbonyl (C=O) groups excluding carboxylic acids is 1. The van der Waals surface area contributed by atoms with Gasteiger partial charge in [0, 0.05) is 56.7 Å². The molecule has 0 radical (unpaired) electrons. The second kappa shape index (κ2) is 10.8. The van der Waals surface area contributed by atoms with Gasteiger partial charge in [-0.3, -0.25) is 9.69 Å². The number of hydrogen-bond donors (Lipinski definition) is 1. The quantitative estimate of drug-likeness (QED) is 0.631. The molecule has 1 aromatic carbocycles. The highest BCUT2D eigenvalue weighted by molar-refractivity contribution is 7.89. The molecule has 1 saturated carbocycles. The zero-order valence-electron chi connectivity index (χ0n) is 18.8. The smallest absolute Gasteiger partial charge is 0.251 e. The molecule has 1 amide bonds. The summed E-state index contributed by atoms with van der Waals surface area (Å²) in [5, 5.41) is 2.98. The number of benzene rings is 1. The maximum atomic E-state index is 13.9. The molecule has 1 heterocycles. The van der Waals surface area contributed by atoms with Crippen molar-refractivity contribution < 1.29 is 22.0 Å². The molecule has 1 N–H and O–H groups in total. The number of rotatable bonds is 7. The third-order valence-corrected chi connectivity index (χ3v) is 8.72. The summed E-state index contributed by atoms with van der Waals surface area (Å²) in [5.74, 6) is -2.77. The van der Waals surface area contributed by atoms with Crippen LogP contribution >= 0.6 is 12.4 Å². The van der Waals surface area contributed by atoms with Crippen LogP contribution in [0.3, 0.4) is 0 Å². The Morgan fingerprint density at radius 3 is 2.22 bits per heavy atom. The number of hydrogen-bond acceptors (Lipinski definition) is 4. The molecule has 0 bridgehead atoms. The fourth-order valence-corrected chi connectivity index (χ4v) is 6.18. The van der Waals surface area contributed by atoms with E-state index in [1.807, 2.05) is 26.0 Å². The average Bonchev–Trinajstić information content (AvgIpc) is 2.73. The van der Waals surface area contributed by atoms with Crippen LogP contribution < -0.4 is 5.32 Å². The van der Waals surface area contributed by atoms with Crippen LogP contribution in [0.1, 0.15) is 54.9 Å². The van der Waals surface area contributed by atoms with E-state index in [4.69, 9.17) is 0 Å². The fourth-order valence-electron chi connectivity index (χ4n) is 4.68. The first kappa shape index (κ1) is 27.0. The molecular weight excluding hydrogens is 460 g/mol. The number of alkyl halides is 2. The molecule has 1 saturated heterocycles. The molecular formula is C22H34ClF2N3O3S. The number of amides is 1. The molecule has 3 rings (SSSR count). The number of halogens is 3. The topological polar surface area (TPSA) is 69.7 Å². The molecule has 10 heteroatoms. The molecule has 32 heavy (non-hydrogen) atoms.